The fourth-order valence-corrected chi connectivity index (χ4v) is 3.37. The molecule has 1 saturated carbocycles. The molecule has 2 rings (SSSR count). The van der Waals surface area contributed by atoms with Gasteiger partial charge in [0.15, 0.2) is 0 Å². The SMILES string of the molecule is CCC1CCCC(OC(c2ccc(Br)cc2)C(C)N)C1. The van der Waals surface area contributed by atoms with Crippen LogP contribution >= 0.6 is 15.9 Å². The molecule has 1 aliphatic rings. The summed E-state index contributed by atoms with van der Waals surface area (Å²) in [6, 6.07) is 8.35. The van der Waals surface area contributed by atoms with Crippen molar-refractivity contribution in [2.75, 3.05) is 0 Å². The monoisotopic (exact) mass is 339 g/mol. The Bertz CT molecular complexity index is 404. The van der Waals surface area contributed by atoms with Gasteiger partial charge >= 0.3 is 0 Å². The molecule has 1 aromatic carbocycles. The molecule has 1 aliphatic carbocycles. The molecule has 0 bridgehead atoms. The first-order valence-corrected chi connectivity index (χ1v) is 8.56. The van der Waals surface area contributed by atoms with Crippen LogP contribution in [0.2, 0.25) is 0 Å². The van der Waals surface area contributed by atoms with Gasteiger partial charge in [-0.05, 0) is 43.4 Å². The van der Waals surface area contributed by atoms with Crippen molar-refractivity contribution < 1.29 is 4.74 Å². The van der Waals surface area contributed by atoms with Crippen LogP contribution in [0.15, 0.2) is 28.7 Å². The fourth-order valence-electron chi connectivity index (χ4n) is 3.10. The molecule has 0 aromatic heterocycles. The zero-order valence-electron chi connectivity index (χ0n) is 12.5. The minimum atomic E-state index is 0.00343. The molecule has 3 heteroatoms. The highest BCUT2D eigenvalue weighted by Gasteiger charge is 2.26. The molecule has 0 spiro atoms. The Balaban J connectivity index is 2.04. The predicted molar refractivity (Wildman–Crippen MR) is 87.7 cm³/mol. The summed E-state index contributed by atoms with van der Waals surface area (Å²) in [6.45, 7) is 4.32. The third kappa shape index (κ3) is 4.31. The van der Waals surface area contributed by atoms with Crippen LogP contribution in [0.25, 0.3) is 0 Å². The summed E-state index contributed by atoms with van der Waals surface area (Å²) in [7, 11) is 0. The zero-order chi connectivity index (χ0) is 14.5. The quantitative estimate of drug-likeness (QED) is 0.834. The van der Waals surface area contributed by atoms with Gasteiger partial charge in [0.05, 0.1) is 12.2 Å². The van der Waals surface area contributed by atoms with Crippen molar-refractivity contribution in [2.45, 2.75) is 64.2 Å². The second kappa shape index (κ2) is 7.58. The molecule has 0 radical (unpaired) electrons. The highest BCUT2D eigenvalue weighted by Crippen LogP contribution is 2.33. The Morgan fingerprint density at radius 3 is 2.60 bits per heavy atom. The predicted octanol–water partition coefficient (Wildman–Crippen LogP) is 4.82. The average Bonchev–Trinajstić information content (AvgIpc) is 2.46. The molecule has 4 unspecified atom stereocenters. The minimum absolute atomic E-state index is 0.00343. The van der Waals surface area contributed by atoms with E-state index in [4.69, 9.17) is 10.5 Å². The second-order valence-electron chi connectivity index (χ2n) is 6.03. The number of nitrogens with two attached hydrogens (primary N) is 1. The normalized spacial score (nSPS) is 26.2. The summed E-state index contributed by atoms with van der Waals surface area (Å²) in [5, 5.41) is 0. The number of ether oxygens (including phenoxy) is 1. The first-order chi connectivity index (χ1) is 9.60. The summed E-state index contributed by atoms with van der Waals surface area (Å²) in [5.41, 5.74) is 7.34. The first-order valence-electron chi connectivity index (χ1n) is 7.76. The lowest BCUT2D eigenvalue weighted by molar-refractivity contribution is -0.0508. The number of benzene rings is 1. The van der Waals surface area contributed by atoms with E-state index in [1.165, 1.54) is 37.7 Å². The van der Waals surface area contributed by atoms with Crippen LogP contribution in [0.1, 0.15) is 57.6 Å². The fraction of sp³-hybridized carbons (Fsp3) is 0.647. The van der Waals surface area contributed by atoms with Crippen molar-refractivity contribution in [2.24, 2.45) is 11.7 Å². The molecule has 0 amide bonds. The van der Waals surface area contributed by atoms with Crippen molar-refractivity contribution in [3.8, 4) is 0 Å². The lowest BCUT2D eigenvalue weighted by Crippen LogP contribution is -2.32. The van der Waals surface area contributed by atoms with E-state index in [0.717, 1.165) is 10.4 Å². The zero-order valence-corrected chi connectivity index (χ0v) is 14.1. The molecule has 0 saturated heterocycles. The third-order valence-corrected chi connectivity index (χ3v) is 4.86. The highest BCUT2D eigenvalue weighted by atomic mass is 79.9. The molecule has 1 aromatic rings. The first kappa shape index (κ1) is 16.0. The summed E-state index contributed by atoms with van der Waals surface area (Å²) in [6.07, 6.45) is 6.65. The van der Waals surface area contributed by atoms with Crippen molar-refractivity contribution in [3.63, 3.8) is 0 Å². The van der Waals surface area contributed by atoms with Crippen LogP contribution in [-0.2, 0) is 4.74 Å². The topological polar surface area (TPSA) is 35.2 Å². The molecule has 0 aliphatic heterocycles. The smallest absolute Gasteiger partial charge is 0.0976 e. The standard InChI is InChI=1S/C17H26BrNO/c1-3-13-5-4-6-16(11-13)20-17(12(2)19)14-7-9-15(18)10-8-14/h7-10,12-13,16-17H,3-6,11,19H2,1-2H3. The highest BCUT2D eigenvalue weighted by molar-refractivity contribution is 9.10. The van der Waals surface area contributed by atoms with Gasteiger partial charge in [0.25, 0.3) is 0 Å². The van der Waals surface area contributed by atoms with E-state index in [-0.39, 0.29) is 12.1 Å². The number of hydrogen-bond acceptors (Lipinski definition) is 2. The molecular weight excluding hydrogens is 314 g/mol. The van der Waals surface area contributed by atoms with Crippen molar-refractivity contribution in [3.05, 3.63) is 34.3 Å². The maximum atomic E-state index is 6.37. The molecule has 1 fully saturated rings. The van der Waals surface area contributed by atoms with E-state index < -0.39 is 0 Å². The van der Waals surface area contributed by atoms with Crippen LogP contribution in [0, 0.1) is 5.92 Å². The lowest BCUT2D eigenvalue weighted by atomic mass is 9.85. The Kier molecular flexibility index (Phi) is 6.06. The summed E-state index contributed by atoms with van der Waals surface area (Å²) in [4.78, 5) is 0. The van der Waals surface area contributed by atoms with Gasteiger partial charge < -0.3 is 10.5 Å². The van der Waals surface area contributed by atoms with Gasteiger partial charge in [-0.1, -0.05) is 54.2 Å². The number of halogens is 1. The molecule has 2 N–H and O–H groups in total. The Labute approximate surface area is 131 Å². The van der Waals surface area contributed by atoms with E-state index in [0.29, 0.717) is 6.10 Å². The maximum Gasteiger partial charge on any atom is 0.0976 e. The third-order valence-electron chi connectivity index (χ3n) is 4.33. The second-order valence-corrected chi connectivity index (χ2v) is 6.95. The van der Waals surface area contributed by atoms with E-state index in [9.17, 15) is 0 Å². The van der Waals surface area contributed by atoms with Crippen LogP contribution in [-0.4, -0.2) is 12.1 Å². The van der Waals surface area contributed by atoms with Crippen LogP contribution in [0.3, 0.4) is 0 Å². The van der Waals surface area contributed by atoms with Gasteiger partial charge in [-0.3, -0.25) is 0 Å². The van der Waals surface area contributed by atoms with Gasteiger partial charge in [0.2, 0.25) is 0 Å². The summed E-state index contributed by atoms with van der Waals surface area (Å²) >= 11 is 3.48. The van der Waals surface area contributed by atoms with Crippen LogP contribution in [0.5, 0.6) is 0 Å². The van der Waals surface area contributed by atoms with Gasteiger partial charge in [-0.2, -0.15) is 0 Å². The summed E-state index contributed by atoms with van der Waals surface area (Å²) < 4.78 is 7.46. The molecule has 112 valence electrons. The van der Waals surface area contributed by atoms with Crippen LogP contribution in [0.4, 0.5) is 0 Å². The number of rotatable bonds is 5. The van der Waals surface area contributed by atoms with Crippen LogP contribution < -0.4 is 5.73 Å². The van der Waals surface area contributed by atoms with Gasteiger partial charge in [0, 0.05) is 10.5 Å². The summed E-state index contributed by atoms with van der Waals surface area (Å²) in [5.74, 6) is 0.826. The average molecular weight is 340 g/mol. The Hall–Kier alpha value is -0.380. The molecule has 0 heterocycles. The van der Waals surface area contributed by atoms with Gasteiger partial charge in [-0.25, -0.2) is 0 Å². The largest absolute Gasteiger partial charge is 0.369 e. The van der Waals surface area contributed by atoms with E-state index >= 15 is 0 Å². The van der Waals surface area contributed by atoms with Crippen molar-refractivity contribution in [1.82, 2.24) is 0 Å². The Morgan fingerprint density at radius 2 is 2.00 bits per heavy atom. The van der Waals surface area contributed by atoms with E-state index in [1.54, 1.807) is 0 Å². The van der Waals surface area contributed by atoms with E-state index in [1.807, 2.05) is 6.92 Å². The molecular formula is C17H26BrNO. The molecule has 20 heavy (non-hydrogen) atoms. The van der Waals surface area contributed by atoms with Gasteiger partial charge in [0.1, 0.15) is 0 Å². The van der Waals surface area contributed by atoms with Crippen molar-refractivity contribution in [1.29, 1.82) is 0 Å². The van der Waals surface area contributed by atoms with Gasteiger partial charge in [-0.15, -0.1) is 0 Å². The minimum Gasteiger partial charge on any atom is -0.369 e. The van der Waals surface area contributed by atoms with Crippen molar-refractivity contribution >= 4 is 15.9 Å². The maximum absolute atomic E-state index is 6.37. The molecule has 2 nitrogen and oxygen atoms in total. The molecule has 4 atom stereocenters. The lowest BCUT2D eigenvalue weighted by Gasteiger charge is -2.33. The van der Waals surface area contributed by atoms with E-state index in [2.05, 4.69) is 47.1 Å². The Morgan fingerprint density at radius 1 is 1.30 bits per heavy atom. The number of hydrogen-bond donors (Lipinski definition) is 1.